The third kappa shape index (κ3) is 3.27. The highest BCUT2D eigenvalue weighted by Crippen LogP contribution is 2.32. The Morgan fingerprint density at radius 3 is 2.48 bits per heavy atom. The maximum atomic E-state index is 12.0. The lowest BCUT2D eigenvalue weighted by atomic mass is 9.86. The van der Waals surface area contributed by atoms with E-state index in [2.05, 4.69) is 5.32 Å². The number of rotatable bonds is 8. The van der Waals surface area contributed by atoms with Crippen LogP contribution in [0.3, 0.4) is 0 Å². The van der Waals surface area contributed by atoms with Crippen LogP contribution in [0.25, 0.3) is 0 Å². The molecule has 0 amide bonds. The summed E-state index contributed by atoms with van der Waals surface area (Å²) in [6, 6.07) is 9.82. The van der Waals surface area contributed by atoms with Crippen LogP contribution in [0.15, 0.2) is 30.3 Å². The molecule has 0 saturated heterocycles. The molecule has 2 aliphatic rings. The second-order valence-electron chi connectivity index (χ2n) is 6.17. The lowest BCUT2D eigenvalue weighted by molar-refractivity contribution is -0.147. The molecule has 4 heteroatoms. The van der Waals surface area contributed by atoms with Gasteiger partial charge in [-0.2, -0.15) is 0 Å². The molecule has 0 radical (unpaired) electrons. The highest BCUT2D eigenvalue weighted by atomic mass is 16.5. The first kappa shape index (κ1) is 14.5. The summed E-state index contributed by atoms with van der Waals surface area (Å²) in [6.45, 7) is 0.492. The SMILES string of the molecule is O=C(O)C(CCOC1CCC1)(NC1CC1)c1ccccc1. The summed E-state index contributed by atoms with van der Waals surface area (Å²) in [7, 11) is 0. The monoisotopic (exact) mass is 289 g/mol. The van der Waals surface area contributed by atoms with Gasteiger partial charge >= 0.3 is 5.97 Å². The molecule has 1 atom stereocenters. The molecule has 2 saturated carbocycles. The smallest absolute Gasteiger partial charge is 0.328 e. The van der Waals surface area contributed by atoms with E-state index >= 15 is 0 Å². The Morgan fingerprint density at radius 2 is 1.95 bits per heavy atom. The standard InChI is InChI=1S/C17H23NO3/c19-16(20)17(18-14-9-10-14,13-5-2-1-3-6-13)11-12-21-15-7-4-8-15/h1-3,5-6,14-15,18H,4,7-12H2,(H,19,20). The third-order valence-electron chi connectivity index (χ3n) is 4.54. The van der Waals surface area contributed by atoms with E-state index in [1.54, 1.807) is 0 Å². The number of ether oxygens (including phenoxy) is 1. The summed E-state index contributed by atoms with van der Waals surface area (Å²) >= 11 is 0. The number of carbonyl (C=O) groups is 1. The fraction of sp³-hybridized carbons (Fsp3) is 0.588. The van der Waals surface area contributed by atoms with Crippen LogP contribution in [-0.4, -0.2) is 29.8 Å². The quantitative estimate of drug-likeness (QED) is 0.772. The van der Waals surface area contributed by atoms with Gasteiger partial charge in [0, 0.05) is 19.1 Å². The molecule has 2 N–H and O–H groups in total. The van der Waals surface area contributed by atoms with Crippen molar-refractivity contribution in [2.24, 2.45) is 0 Å². The molecule has 0 aliphatic heterocycles. The lowest BCUT2D eigenvalue weighted by Crippen LogP contribution is -2.51. The van der Waals surface area contributed by atoms with Crippen LogP contribution in [0.2, 0.25) is 0 Å². The van der Waals surface area contributed by atoms with Crippen molar-refractivity contribution in [3.63, 3.8) is 0 Å². The van der Waals surface area contributed by atoms with E-state index in [4.69, 9.17) is 4.74 Å². The van der Waals surface area contributed by atoms with E-state index in [0.717, 1.165) is 31.2 Å². The summed E-state index contributed by atoms with van der Waals surface area (Å²) in [6.07, 6.45) is 6.39. The minimum Gasteiger partial charge on any atom is -0.480 e. The van der Waals surface area contributed by atoms with Gasteiger partial charge in [0.15, 0.2) is 0 Å². The van der Waals surface area contributed by atoms with E-state index in [1.165, 1.54) is 6.42 Å². The van der Waals surface area contributed by atoms with Gasteiger partial charge in [-0.15, -0.1) is 0 Å². The largest absolute Gasteiger partial charge is 0.480 e. The van der Waals surface area contributed by atoms with E-state index < -0.39 is 11.5 Å². The summed E-state index contributed by atoms with van der Waals surface area (Å²) in [4.78, 5) is 12.0. The summed E-state index contributed by atoms with van der Waals surface area (Å²) in [5.41, 5.74) is -0.201. The summed E-state index contributed by atoms with van der Waals surface area (Å²) in [5.74, 6) is -0.808. The Balaban J connectivity index is 1.75. The maximum absolute atomic E-state index is 12.0. The predicted molar refractivity (Wildman–Crippen MR) is 80.1 cm³/mol. The second kappa shape index (κ2) is 6.16. The highest BCUT2D eigenvalue weighted by Gasteiger charge is 2.44. The molecule has 4 nitrogen and oxygen atoms in total. The van der Waals surface area contributed by atoms with Crippen molar-refractivity contribution in [3.8, 4) is 0 Å². The summed E-state index contributed by atoms with van der Waals surface area (Å²) in [5, 5.41) is 13.2. The van der Waals surface area contributed by atoms with Gasteiger partial charge in [-0.1, -0.05) is 30.3 Å². The van der Waals surface area contributed by atoms with Crippen molar-refractivity contribution in [2.75, 3.05) is 6.61 Å². The summed E-state index contributed by atoms with van der Waals surface area (Å²) < 4.78 is 5.80. The van der Waals surface area contributed by atoms with Crippen LogP contribution in [0.4, 0.5) is 0 Å². The molecule has 1 aromatic rings. The predicted octanol–water partition coefficient (Wildman–Crippen LogP) is 2.68. The Morgan fingerprint density at radius 1 is 1.24 bits per heavy atom. The number of hydrogen-bond donors (Lipinski definition) is 2. The topological polar surface area (TPSA) is 58.6 Å². The molecular formula is C17H23NO3. The highest BCUT2D eigenvalue weighted by molar-refractivity contribution is 5.81. The number of nitrogens with one attached hydrogen (secondary N) is 1. The molecule has 3 rings (SSSR count). The Bertz CT molecular complexity index is 482. The van der Waals surface area contributed by atoms with Crippen LogP contribution in [0.5, 0.6) is 0 Å². The van der Waals surface area contributed by atoms with Crippen molar-refractivity contribution < 1.29 is 14.6 Å². The first-order valence-corrected chi connectivity index (χ1v) is 7.89. The Hall–Kier alpha value is -1.39. The molecule has 0 heterocycles. The number of hydrogen-bond acceptors (Lipinski definition) is 3. The van der Waals surface area contributed by atoms with Crippen molar-refractivity contribution in [2.45, 2.75) is 56.2 Å². The fourth-order valence-corrected chi connectivity index (χ4v) is 2.81. The number of carboxylic acid groups (broad SMARTS) is 1. The molecule has 21 heavy (non-hydrogen) atoms. The molecule has 0 spiro atoms. The first-order chi connectivity index (χ1) is 10.2. The Kier molecular flexibility index (Phi) is 4.27. The van der Waals surface area contributed by atoms with Crippen LogP contribution >= 0.6 is 0 Å². The zero-order valence-electron chi connectivity index (χ0n) is 12.3. The molecule has 1 aromatic carbocycles. The normalized spacial score (nSPS) is 21.5. The average Bonchev–Trinajstić information content (AvgIpc) is 3.25. The minimum atomic E-state index is -1.02. The number of carboxylic acids is 1. The van der Waals surface area contributed by atoms with Gasteiger partial charge in [0.05, 0.1) is 6.10 Å². The minimum absolute atomic E-state index is 0.324. The average molecular weight is 289 g/mol. The van der Waals surface area contributed by atoms with Gasteiger partial charge in [0.1, 0.15) is 5.54 Å². The molecule has 114 valence electrons. The van der Waals surface area contributed by atoms with Crippen molar-refractivity contribution in [1.82, 2.24) is 5.32 Å². The first-order valence-electron chi connectivity index (χ1n) is 7.89. The lowest BCUT2D eigenvalue weighted by Gasteiger charge is -2.33. The second-order valence-corrected chi connectivity index (χ2v) is 6.17. The van der Waals surface area contributed by atoms with Crippen molar-refractivity contribution >= 4 is 5.97 Å². The fourth-order valence-electron chi connectivity index (χ4n) is 2.81. The van der Waals surface area contributed by atoms with E-state index in [0.29, 0.717) is 25.2 Å². The van der Waals surface area contributed by atoms with Gasteiger partial charge in [-0.3, -0.25) is 5.32 Å². The van der Waals surface area contributed by atoms with Crippen molar-refractivity contribution in [1.29, 1.82) is 0 Å². The van der Waals surface area contributed by atoms with Crippen molar-refractivity contribution in [3.05, 3.63) is 35.9 Å². The van der Waals surface area contributed by atoms with Gasteiger partial charge < -0.3 is 9.84 Å². The van der Waals surface area contributed by atoms with Gasteiger partial charge in [0.2, 0.25) is 0 Å². The maximum Gasteiger partial charge on any atom is 0.328 e. The molecule has 2 fully saturated rings. The molecule has 1 unspecified atom stereocenters. The number of benzene rings is 1. The molecule has 2 aliphatic carbocycles. The van der Waals surface area contributed by atoms with Crippen LogP contribution in [0, 0.1) is 0 Å². The van der Waals surface area contributed by atoms with Gasteiger partial charge in [0.25, 0.3) is 0 Å². The Labute approximate surface area is 125 Å². The van der Waals surface area contributed by atoms with Gasteiger partial charge in [-0.05, 0) is 37.7 Å². The van der Waals surface area contributed by atoms with Crippen LogP contribution in [-0.2, 0) is 15.1 Å². The van der Waals surface area contributed by atoms with Crippen LogP contribution in [0.1, 0.15) is 44.1 Å². The van der Waals surface area contributed by atoms with E-state index in [9.17, 15) is 9.90 Å². The third-order valence-corrected chi connectivity index (χ3v) is 4.54. The molecule has 0 aromatic heterocycles. The number of aliphatic carboxylic acids is 1. The van der Waals surface area contributed by atoms with Crippen LogP contribution < -0.4 is 5.32 Å². The molecule has 0 bridgehead atoms. The zero-order chi connectivity index (χ0) is 14.7. The van der Waals surface area contributed by atoms with E-state index in [1.807, 2.05) is 30.3 Å². The molecular weight excluding hydrogens is 266 g/mol. The van der Waals surface area contributed by atoms with Gasteiger partial charge in [-0.25, -0.2) is 4.79 Å². The zero-order valence-corrected chi connectivity index (χ0v) is 12.3. The van der Waals surface area contributed by atoms with E-state index in [-0.39, 0.29) is 0 Å².